The first kappa shape index (κ1) is 12.9. The molecule has 0 unspecified atom stereocenters. The number of ether oxygens (including phenoxy) is 1. The predicted molar refractivity (Wildman–Crippen MR) is 76.9 cm³/mol. The summed E-state index contributed by atoms with van der Waals surface area (Å²) in [5.41, 5.74) is 2.26. The van der Waals surface area contributed by atoms with Gasteiger partial charge in [0.25, 0.3) is 5.56 Å². The van der Waals surface area contributed by atoms with Gasteiger partial charge in [0.2, 0.25) is 0 Å². The van der Waals surface area contributed by atoms with Crippen molar-refractivity contribution in [3.63, 3.8) is 0 Å². The summed E-state index contributed by atoms with van der Waals surface area (Å²) in [4.78, 5) is 12.4. The molecule has 1 N–H and O–H groups in total. The van der Waals surface area contributed by atoms with E-state index >= 15 is 0 Å². The first-order valence-corrected chi connectivity index (χ1v) is 6.74. The minimum atomic E-state index is -0.214. The van der Waals surface area contributed by atoms with Crippen LogP contribution in [0.15, 0.2) is 41.2 Å². The molecule has 1 aromatic heterocycles. The van der Waals surface area contributed by atoms with Crippen molar-refractivity contribution in [1.82, 2.24) is 4.57 Å². The molecule has 1 aliphatic carbocycles. The van der Waals surface area contributed by atoms with Crippen molar-refractivity contribution in [1.29, 1.82) is 0 Å². The topological polar surface area (TPSA) is 51.5 Å². The number of rotatable bonds is 4. The fourth-order valence-electron chi connectivity index (χ4n) is 2.41. The molecule has 2 aromatic rings. The molecule has 1 aliphatic rings. The van der Waals surface area contributed by atoms with E-state index in [1.54, 1.807) is 13.2 Å². The molecule has 0 bridgehead atoms. The van der Waals surface area contributed by atoms with Crippen LogP contribution >= 0.6 is 0 Å². The third-order valence-electron chi connectivity index (χ3n) is 3.66. The molecule has 0 saturated heterocycles. The van der Waals surface area contributed by atoms with Crippen LogP contribution in [0.2, 0.25) is 0 Å². The summed E-state index contributed by atoms with van der Waals surface area (Å²) in [5.74, 6) is 0.793. The van der Waals surface area contributed by atoms with E-state index in [1.807, 2.05) is 34.9 Å². The van der Waals surface area contributed by atoms with E-state index in [2.05, 4.69) is 0 Å². The molecule has 0 aliphatic heterocycles. The fourth-order valence-corrected chi connectivity index (χ4v) is 2.41. The van der Waals surface area contributed by atoms with Crippen LogP contribution in [0.25, 0.3) is 11.3 Å². The third-order valence-corrected chi connectivity index (χ3v) is 3.66. The van der Waals surface area contributed by atoms with Crippen molar-refractivity contribution in [3.8, 4) is 17.0 Å². The molecule has 1 saturated carbocycles. The lowest BCUT2D eigenvalue weighted by Gasteiger charge is -2.14. The molecule has 0 amide bonds. The Hall–Kier alpha value is -2.07. The number of hydrogen-bond acceptors (Lipinski definition) is 3. The summed E-state index contributed by atoms with van der Waals surface area (Å²) < 4.78 is 6.97. The first-order valence-electron chi connectivity index (χ1n) is 6.74. The molecule has 104 valence electrons. The normalized spacial score (nSPS) is 14.3. The molecule has 0 atom stereocenters. The molecule has 4 heteroatoms. The maximum atomic E-state index is 12.4. The number of aliphatic hydroxyl groups excluding tert-OH is 1. The minimum Gasteiger partial charge on any atom is -0.497 e. The average Bonchev–Trinajstić information content (AvgIpc) is 3.31. The van der Waals surface area contributed by atoms with Gasteiger partial charge in [-0.25, -0.2) is 0 Å². The Labute approximate surface area is 117 Å². The second kappa shape index (κ2) is 5.13. The minimum absolute atomic E-state index is 0.0803. The van der Waals surface area contributed by atoms with E-state index in [0.29, 0.717) is 5.56 Å². The number of nitrogens with zero attached hydrogens (tertiary/aromatic N) is 1. The number of aliphatic hydroxyl groups is 1. The SMILES string of the molecule is COc1ccc(-c2ccc(CO)c(=O)n2C2CC2)cc1. The lowest BCUT2D eigenvalue weighted by atomic mass is 10.1. The van der Waals surface area contributed by atoms with E-state index in [4.69, 9.17) is 4.74 Å². The summed E-state index contributed by atoms with van der Waals surface area (Å²) in [6, 6.07) is 11.6. The molecular formula is C16H17NO3. The smallest absolute Gasteiger partial charge is 0.256 e. The van der Waals surface area contributed by atoms with E-state index in [9.17, 15) is 9.90 Å². The largest absolute Gasteiger partial charge is 0.497 e. The zero-order chi connectivity index (χ0) is 14.1. The summed E-state index contributed by atoms with van der Waals surface area (Å²) in [6.07, 6.45) is 2.05. The second-order valence-electron chi connectivity index (χ2n) is 5.04. The highest BCUT2D eigenvalue weighted by atomic mass is 16.5. The zero-order valence-electron chi connectivity index (χ0n) is 11.4. The maximum Gasteiger partial charge on any atom is 0.256 e. The Bertz CT molecular complexity index is 669. The van der Waals surface area contributed by atoms with Crippen LogP contribution < -0.4 is 10.3 Å². The van der Waals surface area contributed by atoms with Gasteiger partial charge in [0.1, 0.15) is 5.75 Å². The highest BCUT2D eigenvalue weighted by Gasteiger charge is 2.27. The van der Waals surface area contributed by atoms with E-state index in [1.165, 1.54) is 0 Å². The second-order valence-corrected chi connectivity index (χ2v) is 5.04. The van der Waals surface area contributed by atoms with Crippen LogP contribution in [0.3, 0.4) is 0 Å². The Morgan fingerprint density at radius 1 is 1.20 bits per heavy atom. The Kier molecular flexibility index (Phi) is 3.32. The highest BCUT2D eigenvalue weighted by molar-refractivity contribution is 5.61. The summed E-state index contributed by atoms with van der Waals surface area (Å²) in [7, 11) is 1.63. The molecule has 0 spiro atoms. The third kappa shape index (κ3) is 2.23. The van der Waals surface area contributed by atoms with Gasteiger partial charge in [-0.2, -0.15) is 0 Å². The van der Waals surface area contributed by atoms with Gasteiger partial charge in [-0.1, -0.05) is 0 Å². The van der Waals surface area contributed by atoms with Gasteiger partial charge in [-0.05, 0) is 54.8 Å². The lowest BCUT2D eigenvalue weighted by molar-refractivity contribution is 0.279. The van der Waals surface area contributed by atoms with E-state index < -0.39 is 0 Å². The maximum absolute atomic E-state index is 12.4. The lowest BCUT2D eigenvalue weighted by Crippen LogP contribution is -2.24. The van der Waals surface area contributed by atoms with Crippen LogP contribution in [0.1, 0.15) is 24.4 Å². The van der Waals surface area contributed by atoms with Crippen molar-refractivity contribution in [3.05, 3.63) is 52.3 Å². The van der Waals surface area contributed by atoms with Crippen LogP contribution in [0, 0.1) is 0 Å². The monoisotopic (exact) mass is 271 g/mol. The molecule has 1 aromatic carbocycles. The number of aromatic nitrogens is 1. The Morgan fingerprint density at radius 2 is 1.90 bits per heavy atom. The zero-order valence-corrected chi connectivity index (χ0v) is 11.4. The van der Waals surface area contributed by atoms with E-state index in [-0.39, 0.29) is 18.2 Å². The standard InChI is InChI=1S/C16H17NO3/c1-20-14-7-2-11(3-8-14)15-9-4-12(10-18)16(19)17(15)13-5-6-13/h2-4,7-9,13,18H,5-6,10H2,1H3. The van der Waals surface area contributed by atoms with Crippen LogP contribution in [-0.4, -0.2) is 16.8 Å². The summed E-state index contributed by atoms with van der Waals surface area (Å²) in [6.45, 7) is -0.214. The fraction of sp³-hybridized carbons (Fsp3) is 0.312. The molecule has 3 rings (SSSR count). The number of pyridine rings is 1. The number of hydrogen-bond donors (Lipinski definition) is 1. The van der Waals surface area contributed by atoms with Gasteiger partial charge in [-0.15, -0.1) is 0 Å². The van der Waals surface area contributed by atoms with Crippen molar-refractivity contribution < 1.29 is 9.84 Å². The van der Waals surface area contributed by atoms with E-state index in [0.717, 1.165) is 29.8 Å². The van der Waals surface area contributed by atoms with Gasteiger partial charge < -0.3 is 14.4 Å². The molecule has 0 radical (unpaired) electrons. The quantitative estimate of drug-likeness (QED) is 0.928. The molecule has 4 nitrogen and oxygen atoms in total. The Balaban J connectivity index is 2.12. The molecular weight excluding hydrogens is 254 g/mol. The van der Waals surface area contributed by atoms with Crippen LogP contribution in [0.4, 0.5) is 0 Å². The summed E-state index contributed by atoms with van der Waals surface area (Å²) in [5, 5.41) is 9.24. The van der Waals surface area contributed by atoms with Gasteiger partial charge in [-0.3, -0.25) is 4.79 Å². The van der Waals surface area contributed by atoms with Crippen LogP contribution in [0.5, 0.6) is 5.75 Å². The molecule has 1 fully saturated rings. The van der Waals surface area contributed by atoms with Gasteiger partial charge in [0.05, 0.1) is 19.4 Å². The van der Waals surface area contributed by atoms with Gasteiger partial charge in [0, 0.05) is 11.6 Å². The average molecular weight is 271 g/mol. The van der Waals surface area contributed by atoms with Crippen molar-refractivity contribution >= 4 is 0 Å². The molecule has 20 heavy (non-hydrogen) atoms. The number of benzene rings is 1. The predicted octanol–water partition coefficient (Wildman–Crippen LogP) is 2.35. The van der Waals surface area contributed by atoms with Gasteiger partial charge in [0.15, 0.2) is 0 Å². The number of methoxy groups -OCH3 is 1. The highest BCUT2D eigenvalue weighted by Crippen LogP contribution is 2.37. The summed E-state index contributed by atoms with van der Waals surface area (Å²) >= 11 is 0. The van der Waals surface area contributed by atoms with Gasteiger partial charge >= 0.3 is 0 Å². The van der Waals surface area contributed by atoms with Crippen LogP contribution in [-0.2, 0) is 6.61 Å². The van der Waals surface area contributed by atoms with Crippen molar-refractivity contribution in [2.45, 2.75) is 25.5 Å². The van der Waals surface area contributed by atoms with Crippen molar-refractivity contribution in [2.75, 3.05) is 7.11 Å². The first-order chi connectivity index (χ1) is 9.74. The Morgan fingerprint density at radius 3 is 2.45 bits per heavy atom. The van der Waals surface area contributed by atoms with Crippen molar-refractivity contribution in [2.24, 2.45) is 0 Å². The molecule has 1 heterocycles.